The first kappa shape index (κ1) is 12.5. The number of nitrogens with zero attached hydrogens (tertiary/aromatic N) is 5. The Morgan fingerprint density at radius 3 is 2.84 bits per heavy atom. The van der Waals surface area contributed by atoms with Crippen molar-refractivity contribution in [2.45, 2.75) is 6.54 Å². The predicted molar refractivity (Wildman–Crippen MR) is 64.4 cm³/mol. The Morgan fingerprint density at radius 2 is 2.26 bits per heavy atom. The summed E-state index contributed by atoms with van der Waals surface area (Å²) in [4.78, 5) is 22.2. The summed E-state index contributed by atoms with van der Waals surface area (Å²) < 4.78 is 1.66. The molecule has 8 nitrogen and oxygen atoms in total. The molecule has 0 aliphatic rings. The van der Waals surface area contributed by atoms with Gasteiger partial charge in [0.1, 0.15) is 11.9 Å². The number of rotatable bonds is 5. The first-order chi connectivity index (χ1) is 9.19. The fraction of sp³-hybridized carbons (Fsp3) is 0.182. The molecule has 0 bridgehead atoms. The molecule has 0 radical (unpaired) electrons. The minimum absolute atomic E-state index is 0.0122. The van der Waals surface area contributed by atoms with E-state index in [1.165, 1.54) is 24.9 Å². The van der Waals surface area contributed by atoms with Crippen LogP contribution in [0.2, 0.25) is 0 Å². The zero-order chi connectivity index (χ0) is 13.7. The third kappa shape index (κ3) is 3.26. The van der Waals surface area contributed by atoms with Crippen molar-refractivity contribution in [3.05, 3.63) is 36.3 Å². The van der Waals surface area contributed by atoms with Gasteiger partial charge in [-0.05, 0) is 0 Å². The molecule has 19 heavy (non-hydrogen) atoms. The highest BCUT2D eigenvalue weighted by Gasteiger charge is 2.05. The van der Waals surface area contributed by atoms with Gasteiger partial charge in [0, 0.05) is 19.3 Å². The maximum absolute atomic E-state index is 10.6. The van der Waals surface area contributed by atoms with Gasteiger partial charge >= 0.3 is 5.97 Å². The van der Waals surface area contributed by atoms with E-state index in [0.29, 0.717) is 18.9 Å². The summed E-state index contributed by atoms with van der Waals surface area (Å²) in [5.74, 6) is -0.498. The van der Waals surface area contributed by atoms with Crippen LogP contribution in [0.1, 0.15) is 16.2 Å². The molecule has 96 valence electrons. The second-order valence-corrected chi connectivity index (χ2v) is 3.63. The number of hydrogen-bond donors (Lipinski definition) is 2. The van der Waals surface area contributed by atoms with E-state index in [2.05, 4.69) is 20.3 Å². The van der Waals surface area contributed by atoms with E-state index in [1.54, 1.807) is 4.57 Å². The fourth-order valence-corrected chi connectivity index (χ4v) is 1.38. The van der Waals surface area contributed by atoms with Crippen molar-refractivity contribution in [2.24, 2.45) is 0 Å². The average molecular weight is 258 g/mol. The molecule has 0 unspecified atom stereocenters. The lowest BCUT2D eigenvalue weighted by molar-refractivity contribution is 0.0691. The van der Waals surface area contributed by atoms with Crippen LogP contribution in [0.15, 0.2) is 24.9 Å². The van der Waals surface area contributed by atoms with Gasteiger partial charge in [-0.1, -0.05) is 0 Å². The number of nitriles is 1. The highest BCUT2D eigenvalue weighted by molar-refractivity contribution is 5.84. The summed E-state index contributed by atoms with van der Waals surface area (Å²) in [7, 11) is 0. The molecule has 2 rings (SSSR count). The Kier molecular flexibility index (Phi) is 3.68. The van der Waals surface area contributed by atoms with Gasteiger partial charge in [0.05, 0.1) is 18.7 Å². The molecular formula is C11H10N6O2. The van der Waals surface area contributed by atoms with E-state index in [-0.39, 0.29) is 11.4 Å². The lowest BCUT2D eigenvalue weighted by Gasteiger charge is -2.05. The Morgan fingerprint density at radius 1 is 1.42 bits per heavy atom. The lowest BCUT2D eigenvalue weighted by atomic mass is 10.5. The van der Waals surface area contributed by atoms with E-state index in [0.717, 1.165) is 0 Å². The first-order valence-corrected chi connectivity index (χ1v) is 5.40. The van der Waals surface area contributed by atoms with Gasteiger partial charge in [-0.15, -0.1) is 0 Å². The molecule has 0 aliphatic carbocycles. The SMILES string of the molecule is N#Cc1cnc(NCCn2cnc(C(=O)O)c2)cn1. The van der Waals surface area contributed by atoms with Gasteiger partial charge in [0.2, 0.25) is 0 Å². The molecule has 2 N–H and O–H groups in total. The van der Waals surface area contributed by atoms with Gasteiger partial charge in [-0.2, -0.15) is 5.26 Å². The normalized spacial score (nSPS) is 9.84. The van der Waals surface area contributed by atoms with E-state index in [4.69, 9.17) is 10.4 Å². The molecule has 2 heterocycles. The Labute approximate surface area is 108 Å². The molecular weight excluding hydrogens is 248 g/mol. The van der Waals surface area contributed by atoms with E-state index >= 15 is 0 Å². The topological polar surface area (TPSA) is 117 Å². The van der Waals surface area contributed by atoms with Crippen LogP contribution < -0.4 is 5.32 Å². The van der Waals surface area contributed by atoms with Crippen molar-refractivity contribution < 1.29 is 9.90 Å². The van der Waals surface area contributed by atoms with Crippen molar-refractivity contribution in [1.82, 2.24) is 19.5 Å². The van der Waals surface area contributed by atoms with E-state index in [1.807, 2.05) is 6.07 Å². The number of carboxylic acid groups (broad SMARTS) is 1. The van der Waals surface area contributed by atoms with E-state index < -0.39 is 5.97 Å². The zero-order valence-corrected chi connectivity index (χ0v) is 9.82. The van der Waals surface area contributed by atoms with Crippen molar-refractivity contribution in [1.29, 1.82) is 5.26 Å². The number of aromatic carboxylic acids is 1. The molecule has 0 saturated heterocycles. The lowest BCUT2D eigenvalue weighted by Crippen LogP contribution is -2.10. The zero-order valence-electron chi connectivity index (χ0n) is 9.82. The first-order valence-electron chi connectivity index (χ1n) is 5.40. The third-order valence-electron chi connectivity index (χ3n) is 2.29. The Hall–Kier alpha value is -2.95. The summed E-state index contributed by atoms with van der Waals surface area (Å²) >= 11 is 0. The van der Waals surface area contributed by atoms with Crippen LogP contribution in [0.4, 0.5) is 5.82 Å². The monoisotopic (exact) mass is 258 g/mol. The smallest absolute Gasteiger partial charge is 0.356 e. The quantitative estimate of drug-likeness (QED) is 0.794. The van der Waals surface area contributed by atoms with Crippen LogP contribution in [0.3, 0.4) is 0 Å². The number of imidazole rings is 1. The molecule has 0 spiro atoms. The standard InChI is InChI=1S/C11H10N6O2/c12-3-8-4-15-10(5-14-8)13-1-2-17-6-9(11(18)19)16-7-17/h4-7H,1-2H2,(H,13,15)(H,18,19). The highest BCUT2D eigenvalue weighted by atomic mass is 16.4. The average Bonchev–Trinajstić information content (AvgIpc) is 2.89. The van der Waals surface area contributed by atoms with Gasteiger partial charge in [-0.25, -0.2) is 19.7 Å². The summed E-state index contributed by atoms with van der Waals surface area (Å²) in [6.45, 7) is 1.08. The van der Waals surface area contributed by atoms with Crippen molar-refractivity contribution in [3.63, 3.8) is 0 Å². The minimum Gasteiger partial charge on any atom is -0.476 e. The van der Waals surface area contributed by atoms with Crippen molar-refractivity contribution in [3.8, 4) is 6.07 Å². The van der Waals surface area contributed by atoms with Crippen molar-refractivity contribution >= 4 is 11.8 Å². The van der Waals surface area contributed by atoms with Crippen LogP contribution >= 0.6 is 0 Å². The third-order valence-corrected chi connectivity index (χ3v) is 2.29. The van der Waals surface area contributed by atoms with Gasteiger partial charge in [0.25, 0.3) is 0 Å². The number of anilines is 1. The molecule has 0 saturated carbocycles. The number of carbonyl (C=O) groups is 1. The Bertz CT molecular complexity index is 613. The Balaban J connectivity index is 1.85. The number of carboxylic acids is 1. The molecule has 0 aliphatic heterocycles. The molecule has 2 aromatic heterocycles. The maximum Gasteiger partial charge on any atom is 0.356 e. The molecule has 8 heteroatoms. The second-order valence-electron chi connectivity index (χ2n) is 3.63. The summed E-state index contributed by atoms with van der Waals surface area (Å²) in [6.07, 6.45) is 5.75. The summed E-state index contributed by atoms with van der Waals surface area (Å²) in [5, 5.41) is 20.3. The predicted octanol–water partition coefficient (Wildman–Crippen LogP) is 0.355. The van der Waals surface area contributed by atoms with Crippen LogP contribution in [-0.4, -0.2) is 37.1 Å². The maximum atomic E-state index is 10.6. The molecule has 2 aromatic rings. The molecule has 0 fully saturated rings. The van der Waals surface area contributed by atoms with Gasteiger partial charge in [-0.3, -0.25) is 0 Å². The molecule has 0 amide bonds. The van der Waals surface area contributed by atoms with Gasteiger partial charge < -0.3 is 15.0 Å². The largest absolute Gasteiger partial charge is 0.476 e. The fourth-order valence-electron chi connectivity index (χ4n) is 1.38. The number of nitrogens with one attached hydrogen (secondary N) is 1. The van der Waals surface area contributed by atoms with Crippen LogP contribution in [0.25, 0.3) is 0 Å². The summed E-state index contributed by atoms with van der Waals surface area (Å²) in [5.41, 5.74) is 0.268. The second kappa shape index (κ2) is 5.59. The minimum atomic E-state index is -1.05. The van der Waals surface area contributed by atoms with Crippen LogP contribution in [0, 0.1) is 11.3 Å². The molecule has 0 aromatic carbocycles. The van der Waals surface area contributed by atoms with Crippen LogP contribution in [0.5, 0.6) is 0 Å². The summed E-state index contributed by atoms with van der Waals surface area (Å²) in [6, 6.07) is 1.88. The number of aromatic nitrogens is 4. The molecule has 0 atom stereocenters. The highest BCUT2D eigenvalue weighted by Crippen LogP contribution is 2.00. The van der Waals surface area contributed by atoms with E-state index in [9.17, 15) is 4.79 Å². The van der Waals surface area contributed by atoms with Gasteiger partial charge in [0.15, 0.2) is 11.4 Å². The number of hydrogen-bond acceptors (Lipinski definition) is 6. The van der Waals surface area contributed by atoms with Crippen molar-refractivity contribution in [2.75, 3.05) is 11.9 Å². The van der Waals surface area contributed by atoms with Crippen LogP contribution in [-0.2, 0) is 6.54 Å².